The van der Waals surface area contributed by atoms with Crippen LogP contribution in [0.4, 0.5) is 5.82 Å². The van der Waals surface area contributed by atoms with E-state index in [9.17, 15) is 0 Å². The molecule has 25 heavy (non-hydrogen) atoms. The van der Waals surface area contributed by atoms with Gasteiger partial charge in [0.25, 0.3) is 0 Å². The molecular weight excluding hydrogens is 308 g/mol. The largest absolute Gasteiger partial charge is 0.354 e. The van der Waals surface area contributed by atoms with Gasteiger partial charge in [0.05, 0.1) is 5.52 Å². The van der Waals surface area contributed by atoms with Crippen LogP contribution in [0.5, 0.6) is 0 Å². The molecule has 2 unspecified atom stereocenters. The first-order valence-electron chi connectivity index (χ1n) is 9.85. The van der Waals surface area contributed by atoms with Gasteiger partial charge in [0.15, 0.2) is 0 Å². The molecule has 0 amide bonds. The quantitative estimate of drug-likeness (QED) is 0.841. The molecule has 3 aliphatic heterocycles. The second kappa shape index (κ2) is 6.26. The lowest BCUT2D eigenvalue weighted by Gasteiger charge is -2.45. The minimum absolute atomic E-state index is 0.806. The first-order valence-corrected chi connectivity index (χ1v) is 9.85. The smallest absolute Gasteiger partial charge is 0.129 e. The summed E-state index contributed by atoms with van der Waals surface area (Å²) in [4.78, 5) is 12.8. The van der Waals surface area contributed by atoms with Gasteiger partial charge in [-0.1, -0.05) is 18.2 Å². The summed E-state index contributed by atoms with van der Waals surface area (Å²) in [6.45, 7) is 4.57. The maximum Gasteiger partial charge on any atom is 0.129 e. The van der Waals surface area contributed by atoms with Gasteiger partial charge in [-0.25, -0.2) is 4.98 Å². The van der Waals surface area contributed by atoms with Crippen LogP contribution in [0.25, 0.3) is 10.9 Å². The van der Waals surface area contributed by atoms with E-state index in [0.29, 0.717) is 0 Å². The summed E-state index contributed by atoms with van der Waals surface area (Å²) in [6.07, 6.45) is 5.58. The molecule has 3 fully saturated rings. The van der Waals surface area contributed by atoms with Crippen molar-refractivity contribution in [1.29, 1.82) is 0 Å². The number of aromatic nitrogens is 1. The molecule has 3 saturated heterocycles. The highest BCUT2D eigenvalue weighted by molar-refractivity contribution is 5.80. The summed E-state index contributed by atoms with van der Waals surface area (Å²) in [7, 11) is 2.34. The first-order chi connectivity index (χ1) is 12.3. The maximum atomic E-state index is 4.88. The number of pyridine rings is 1. The molecule has 2 atom stereocenters. The Morgan fingerprint density at radius 1 is 0.840 bits per heavy atom. The summed E-state index contributed by atoms with van der Waals surface area (Å²) in [5.74, 6) is 1.14. The molecule has 132 valence electrons. The van der Waals surface area contributed by atoms with Crippen LogP contribution in [-0.2, 0) is 0 Å². The number of piperidine rings is 1. The molecule has 3 aliphatic rings. The Kier molecular flexibility index (Phi) is 3.90. The van der Waals surface area contributed by atoms with Gasteiger partial charge in [0, 0.05) is 49.7 Å². The molecule has 2 aromatic rings. The lowest BCUT2D eigenvalue weighted by molar-refractivity contribution is 0.0718. The van der Waals surface area contributed by atoms with Gasteiger partial charge in [-0.15, -0.1) is 0 Å². The van der Waals surface area contributed by atoms with Gasteiger partial charge < -0.3 is 9.80 Å². The Morgan fingerprint density at radius 3 is 2.32 bits per heavy atom. The lowest BCUT2D eigenvalue weighted by atomic mass is 9.96. The number of hydrogen-bond donors (Lipinski definition) is 0. The van der Waals surface area contributed by atoms with Gasteiger partial charge in [-0.2, -0.15) is 0 Å². The van der Waals surface area contributed by atoms with Crippen LogP contribution in [0.1, 0.15) is 25.7 Å². The van der Waals surface area contributed by atoms with E-state index in [0.717, 1.165) is 42.5 Å². The second-order valence-electron chi connectivity index (χ2n) is 8.06. The van der Waals surface area contributed by atoms with Crippen molar-refractivity contribution < 1.29 is 0 Å². The Morgan fingerprint density at radius 2 is 1.56 bits per heavy atom. The molecule has 4 heterocycles. The van der Waals surface area contributed by atoms with Crippen LogP contribution in [-0.4, -0.2) is 66.1 Å². The molecule has 4 heteroatoms. The van der Waals surface area contributed by atoms with E-state index in [4.69, 9.17) is 4.98 Å². The van der Waals surface area contributed by atoms with E-state index in [1.807, 2.05) is 0 Å². The van der Waals surface area contributed by atoms with E-state index in [2.05, 4.69) is 58.1 Å². The molecule has 4 nitrogen and oxygen atoms in total. The number of hydrogen-bond acceptors (Lipinski definition) is 4. The molecule has 0 N–H and O–H groups in total. The Bertz CT molecular complexity index is 738. The molecule has 1 aromatic carbocycles. The van der Waals surface area contributed by atoms with Crippen LogP contribution in [0.15, 0.2) is 36.4 Å². The molecule has 0 spiro atoms. The van der Waals surface area contributed by atoms with Crippen LogP contribution in [0.3, 0.4) is 0 Å². The molecular formula is C21H28N4. The van der Waals surface area contributed by atoms with Gasteiger partial charge in [0.2, 0.25) is 0 Å². The third-order valence-corrected chi connectivity index (χ3v) is 6.81. The van der Waals surface area contributed by atoms with Gasteiger partial charge >= 0.3 is 0 Å². The van der Waals surface area contributed by atoms with Gasteiger partial charge in [0.1, 0.15) is 5.82 Å². The molecule has 1 aromatic heterocycles. The third-order valence-electron chi connectivity index (χ3n) is 6.81. The summed E-state index contributed by atoms with van der Waals surface area (Å²) in [6, 6.07) is 15.3. The van der Waals surface area contributed by atoms with Crippen molar-refractivity contribution >= 4 is 16.7 Å². The average Bonchev–Trinajstić information content (AvgIpc) is 2.88. The molecule has 0 aliphatic carbocycles. The van der Waals surface area contributed by atoms with E-state index in [1.54, 1.807) is 0 Å². The highest BCUT2D eigenvalue weighted by atomic mass is 15.3. The Hall–Kier alpha value is -1.65. The number of anilines is 1. The van der Waals surface area contributed by atoms with Gasteiger partial charge in [-0.05, 0) is 50.9 Å². The summed E-state index contributed by atoms with van der Waals surface area (Å²) in [5.41, 5.74) is 1.11. The van der Waals surface area contributed by atoms with E-state index >= 15 is 0 Å². The zero-order valence-electron chi connectivity index (χ0n) is 15.1. The van der Waals surface area contributed by atoms with E-state index in [1.165, 1.54) is 44.2 Å². The van der Waals surface area contributed by atoms with Crippen LogP contribution < -0.4 is 4.90 Å². The predicted octanol–water partition coefficient (Wildman–Crippen LogP) is 2.98. The maximum absolute atomic E-state index is 4.88. The fourth-order valence-corrected chi connectivity index (χ4v) is 5.23. The van der Waals surface area contributed by atoms with Crippen molar-refractivity contribution in [1.82, 2.24) is 14.8 Å². The predicted molar refractivity (Wildman–Crippen MR) is 103 cm³/mol. The van der Waals surface area contributed by atoms with Crippen molar-refractivity contribution in [2.24, 2.45) is 0 Å². The highest BCUT2D eigenvalue weighted by Crippen LogP contribution is 2.36. The number of nitrogens with zero attached hydrogens (tertiary/aromatic N) is 4. The fraction of sp³-hybridized carbons (Fsp3) is 0.571. The Balaban J connectivity index is 1.25. The van der Waals surface area contributed by atoms with Crippen LogP contribution in [0.2, 0.25) is 0 Å². The van der Waals surface area contributed by atoms with Crippen LogP contribution in [0, 0.1) is 0 Å². The summed E-state index contributed by atoms with van der Waals surface area (Å²) < 4.78 is 0. The second-order valence-corrected chi connectivity index (χ2v) is 8.06. The van der Waals surface area contributed by atoms with Crippen molar-refractivity contribution in [3.05, 3.63) is 36.4 Å². The summed E-state index contributed by atoms with van der Waals surface area (Å²) >= 11 is 0. The first kappa shape index (κ1) is 15.6. The van der Waals surface area contributed by atoms with Gasteiger partial charge in [-0.3, -0.25) is 4.90 Å². The van der Waals surface area contributed by atoms with Crippen LogP contribution >= 0.6 is 0 Å². The minimum atomic E-state index is 0.806. The number of benzene rings is 1. The number of rotatable bonds is 2. The van der Waals surface area contributed by atoms with Crippen molar-refractivity contribution in [2.45, 2.75) is 43.8 Å². The van der Waals surface area contributed by atoms with E-state index < -0.39 is 0 Å². The average molecular weight is 336 g/mol. The fourth-order valence-electron chi connectivity index (χ4n) is 5.23. The molecule has 2 bridgehead atoms. The Labute approximate surface area is 150 Å². The SMILES string of the molecule is CN1C2CCC1CC(N1CCN(c3ccc4ccccc4n3)CC1)C2. The van der Waals surface area contributed by atoms with Crippen molar-refractivity contribution in [3.8, 4) is 0 Å². The van der Waals surface area contributed by atoms with Crippen molar-refractivity contribution in [2.75, 3.05) is 38.1 Å². The van der Waals surface area contributed by atoms with Crippen molar-refractivity contribution in [3.63, 3.8) is 0 Å². The highest BCUT2D eigenvalue weighted by Gasteiger charge is 2.40. The topological polar surface area (TPSA) is 22.6 Å². The normalized spacial score (nSPS) is 30.9. The molecule has 5 rings (SSSR count). The standard InChI is InChI=1S/C21H28N4/c1-23-17-7-8-18(23)15-19(14-17)24-10-12-25(13-11-24)21-9-6-16-4-2-3-5-20(16)22-21/h2-6,9,17-19H,7-8,10-15H2,1H3. The lowest BCUT2D eigenvalue weighted by Crippen LogP contribution is -2.55. The van der Waals surface area contributed by atoms with E-state index in [-0.39, 0.29) is 0 Å². The summed E-state index contributed by atoms with van der Waals surface area (Å²) in [5, 5.41) is 1.23. The zero-order valence-corrected chi connectivity index (χ0v) is 15.1. The molecule has 0 radical (unpaired) electrons. The number of piperazine rings is 1. The minimum Gasteiger partial charge on any atom is -0.354 e. The zero-order chi connectivity index (χ0) is 16.8. The molecule has 0 saturated carbocycles. The monoisotopic (exact) mass is 336 g/mol. The number of fused-ring (bicyclic) bond motifs is 3. The third kappa shape index (κ3) is 2.81. The number of para-hydroxylation sites is 1.